The molecule has 7 heteroatoms. The number of nitrogens with zero attached hydrogens (tertiary/aromatic N) is 2. The SMILES string of the molecule is COC(=O)c1cccc(Nc2cc(C(=O)NCCN(C)C)ccn2)c1. The van der Waals surface area contributed by atoms with Crippen LogP contribution in [-0.2, 0) is 4.74 Å². The number of anilines is 2. The third-order valence-corrected chi connectivity index (χ3v) is 3.42. The second-order valence-electron chi connectivity index (χ2n) is 5.69. The summed E-state index contributed by atoms with van der Waals surface area (Å²) in [6.45, 7) is 1.33. The van der Waals surface area contributed by atoms with Crippen molar-refractivity contribution in [3.63, 3.8) is 0 Å². The van der Waals surface area contributed by atoms with Crippen molar-refractivity contribution in [2.24, 2.45) is 0 Å². The molecule has 2 rings (SSSR count). The Labute approximate surface area is 147 Å². The molecule has 0 radical (unpaired) electrons. The number of methoxy groups -OCH3 is 1. The molecule has 0 aliphatic heterocycles. The highest BCUT2D eigenvalue weighted by Crippen LogP contribution is 2.17. The molecule has 0 bridgehead atoms. The Kier molecular flexibility index (Phi) is 6.47. The Morgan fingerprint density at radius 3 is 2.68 bits per heavy atom. The summed E-state index contributed by atoms with van der Waals surface area (Å²) < 4.78 is 4.71. The summed E-state index contributed by atoms with van der Waals surface area (Å²) in [5.74, 6) is -0.0523. The monoisotopic (exact) mass is 342 g/mol. The summed E-state index contributed by atoms with van der Waals surface area (Å²) in [5, 5.41) is 5.94. The summed E-state index contributed by atoms with van der Waals surface area (Å²) >= 11 is 0. The number of pyridine rings is 1. The molecule has 0 aliphatic rings. The number of esters is 1. The predicted molar refractivity (Wildman–Crippen MR) is 96.2 cm³/mol. The predicted octanol–water partition coefficient (Wildman–Crippen LogP) is 1.90. The van der Waals surface area contributed by atoms with E-state index >= 15 is 0 Å². The van der Waals surface area contributed by atoms with Gasteiger partial charge in [0.1, 0.15) is 5.82 Å². The van der Waals surface area contributed by atoms with Gasteiger partial charge in [0.25, 0.3) is 5.91 Å². The highest BCUT2D eigenvalue weighted by molar-refractivity contribution is 5.95. The van der Waals surface area contributed by atoms with Crippen LogP contribution in [0.1, 0.15) is 20.7 Å². The standard InChI is InChI=1S/C18H22N4O3/c1-22(2)10-9-20-17(23)13-7-8-19-16(12-13)21-15-6-4-5-14(11-15)18(24)25-3/h4-8,11-12H,9-10H2,1-3H3,(H,19,21)(H,20,23). The first-order valence-corrected chi connectivity index (χ1v) is 7.84. The van der Waals surface area contributed by atoms with E-state index < -0.39 is 5.97 Å². The summed E-state index contributed by atoms with van der Waals surface area (Å²) in [6.07, 6.45) is 1.56. The number of benzene rings is 1. The molecular formula is C18H22N4O3. The quantitative estimate of drug-likeness (QED) is 0.748. The molecule has 132 valence electrons. The fraction of sp³-hybridized carbons (Fsp3) is 0.278. The topological polar surface area (TPSA) is 83.6 Å². The number of likely N-dealkylation sites (N-methyl/N-ethyl adjacent to an activating group) is 1. The van der Waals surface area contributed by atoms with Gasteiger partial charge in [-0.25, -0.2) is 9.78 Å². The minimum Gasteiger partial charge on any atom is -0.465 e. The van der Waals surface area contributed by atoms with Crippen LogP contribution in [0.25, 0.3) is 0 Å². The number of ether oxygens (including phenoxy) is 1. The first-order valence-electron chi connectivity index (χ1n) is 7.84. The number of amides is 1. The Hall–Kier alpha value is -2.93. The maximum absolute atomic E-state index is 12.2. The third-order valence-electron chi connectivity index (χ3n) is 3.42. The van der Waals surface area contributed by atoms with Gasteiger partial charge in [-0.2, -0.15) is 0 Å². The number of hydrogen-bond acceptors (Lipinski definition) is 6. The van der Waals surface area contributed by atoms with Gasteiger partial charge in [-0.05, 0) is 44.4 Å². The highest BCUT2D eigenvalue weighted by Gasteiger charge is 2.09. The first kappa shape index (κ1) is 18.4. The van der Waals surface area contributed by atoms with Crippen LogP contribution in [0.3, 0.4) is 0 Å². The molecule has 0 saturated carbocycles. The summed E-state index contributed by atoms with van der Waals surface area (Å²) in [5.41, 5.74) is 1.63. The van der Waals surface area contributed by atoms with E-state index in [9.17, 15) is 9.59 Å². The molecule has 0 unspecified atom stereocenters. The van der Waals surface area contributed by atoms with Gasteiger partial charge >= 0.3 is 5.97 Å². The van der Waals surface area contributed by atoms with Crippen LogP contribution < -0.4 is 10.6 Å². The zero-order valence-electron chi connectivity index (χ0n) is 14.6. The van der Waals surface area contributed by atoms with Crippen molar-refractivity contribution in [1.82, 2.24) is 15.2 Å². The van der Waals surface area contributed by atoms with Gasteiger partial charge < -0.3 is 20.3 Å². The molecule has 0 spiro atoms. The van der Waals surface area contributed by atoms with Crippen LogP contribution in [-0.4, -0.2) is 56.1 Å². The van der Waals surface area contributed by atoms with Crippen LogP contribution in [0.4, 0.5) is 11.5 Å². The Morgan fingerprint density at radius 1 is 1.16 bits per heavy atom. The van der Waals surface area contributed by atoms with E-state index in [1.165, 1.54) is 7.11 Å². The lowest BCUT2D eigenvalue weighted by atomic mass is 10.2. The number of rotatable bonds is 7. The second kappa shape index (κ2) is 8.79. The highest BCUT2D eigenvalue weighted by atomic mass is 16.5. The number of aromatic nitrogens is 1. The smallest absolute Gasteiger partial charge is 0.337 e. The Balaban J connectivity index is 2.06. The van der Waals surface area contributed by atoms with E-state index in [1.807, 2.05) is 19.0 Å². The molecule has 7 nitrogen and oxygen atoms in total. The van der Waals surface area contributed by atoms with Gasteiger partial charge in [0.2, 0.25) is 0 Å². The van der Waals surface area contributed by atoms with Crippen molar-refractivity contribution >= 4 is 23.4 Å². The van der Waals surface area contributed by atoms with Gasteiger partial charge in [0.15, 0.2) is 0 Å². The van der Waals surface area contributed by atoms with Crippen molar-refractivity contribution in [3.8, 4) is 0 Å². The number of nitrogens with one attached hydrogen (secondary N) is 2. The van der Waals surface area contributed by atoms with Gasteiger partial charge in [-0.3, -0.25) is 4.79 Å². The average molecular weight is 342 g/mol. The molecule has 0 saturated heterocycles. The zero-order chi connectivity index (χ0) is 18.2. The number of carbonyl (C=O) groups excluding carboxylic acids is 2. The molecule has 2 aromatic rings. The molecule has 2 N–H and O–H groups in total. The normalized spacial score (nSPS) is 10.4. The van der Waals surface area contributed by atoms with Crippen molar-refractivity contribution in [3.05, 3.63) is 53.7 Å². The van der Waals surface area contributed by atoms with E-state index in [4.69, 9.17) is 4.74 Å². The molecule has 1 amide bonds. The van der Waals surface area contributed by atoms with E-state index in [-0.39, 0.29) is 5.91 Å². The molecule has 1 heterocycles. The third kappa shape index (κ3) is 5.58. The minimum atomic E-state index is -0.411. The van der Waals surface area contributed by atoms with E-state index in [0.717, 1.165) is 6.54 Å². The molecule has 0 aliphatic carbocycles. The number of hydrogen-bond donors (Lipinski definition) is 2. The lowest BCUT2D eigenvalue weighted by Gasteiger charge is -2.11. The molecule has 0 fully saturated rings. The van der Waals surface area contributed by atoms with E-state index in [0.29, 0.717) is 29.2 Å². The zero-order valence-corrected chi connectivity index (χ0v) is 14.6. The van der Waals surface area contributed by atoms with Crippen LogP contribution in [0, 0.1) is 0 Å². The van der Waals surface area contributed by atoms with Gasteiger partial charge in [-0.1, -0.05) is 6.07 Å². The largest absolute Gasteiger partial charge is 0.465 e. The Bertz CT molecular complexity index is 747. The minimum absolute atomic E-state index is 0.157. The number of carbonyl (C=O) groups is 2. The summed E-state index contributed by atoms with van der Waals surface area (Å²) in [7, 11) is 5.23. The van der Waals surface area contributed by atoms with Crippen molar-refractivity contribution < 1.29 is 14.3 Å². The summed E-state index contributed by atoms with van der Waals surface area (Å²) in [6, 6.07) is 10.2. The van der Waals surface area contributed by atoms with Gasteiger partial charge in [-0.15, -0.1) is 0 Å². The molecule has 1 aromatic carbocycles. The molecule has 1 aromatic heterocycles. The van der Waals surface area contributed by atoms with Crippen LogP contribution in [0.2, 0.25) is 0 Å². The molecule has 0 atom stereocenters. The van der Waals surface area contributed by atoms with Crippen molar-refractivity contribution in [2.75, 3.05) is 39.6 Å². The van der Waals surface area contributed by atoms with E-state index in [2.05, 4.69) is 15.6 Å². The molecule has 25 heavy (non-hydrogen) atoms. The first-order chi connectivity index (χ1) is 12.0. The van der Waals surface area contributed by atoms with Crippen LogP contribution in [0.15, 0.2) is 42.6 Å². The summed E-state index contributed by atoms with van der Waals surface area (Å²) in [4.78, 5) is 30.0. The lowest BCUT2D eigenvalue weighted by Crippen LogP contribution is -2.31. The van der Waals surface area contributed by atoms with E-state index in [1.54, 1.807) is 42.6 Å². The maximum Gasteiger partial charge on any atom is 0.337 e. The second-order valence-corrected chi connectivity index (χ2v) is 5.69. The fourth-order valence-corrected chi connectivity index (χ4v) is 2.12. The van der Waals surface area contributed by atoms with Gasteiger partial charge in [0.05, 0.1) is 12.7 Å². The molecular weight excluding hydrogens is 320 g/mol. The van der Waals surface area contributed by atoms with Crippen molar-refractivity contribution in [1.29, 1.82) is 0 Å². The lowest BCUT2D eigenvalue weighted by molar-refractivity contribution is 0.0600. The van der Waals surface area contributed by atoms with Crippen molar-refractivity contribution in [2.45, 2.75) is 0 Å². The average Bonchev–Trinajstić information content (AvgIpc) is 2.61. The van der Waals surface area contributed by atoms with Crippen LogP contribution in [0.5, 0.6) is 0 Å². The van der Waals surface area contributed by atoms with Crippen LogP contribution >= 0.6 is 0 Å². The van der Waals surface area contributed by atoms with Gasteiger partial charge in [0, 0.05) is 30.5 Å². The fourth-order valence-electron chi connectivity index (χ4n) is 2.12. The Morgan fingerprint density at radius 2 is 1.96 bits per heavy atom. The maximum atomic E-state index is 12.2.